The van der Waals surface area contributed by atoms with Gasteiger partial charge in [-0.25, -0.2) is 0 Å². The van der Waals surface area contributed by atoms with Crippen LogP contribution in [-0.4, -0.2) is 0 Å². The van der Waals surface area contributed by atoms with E-state index in [2.05, 4.69) is 169 Å². The summed E-state index contributed by atoms with van der Waals surface area (Å²) in [5.74, 6) is 0. The molecule has 6 aromatic carbocycles. The molecule has 0 heterocycles. The normalized spacial score (nSPS) is 16.9. The van der Waals surface area contributed by atoms with Crippen LogP contribution in [0.25, 0.3) is 33.4 Å². The minimum atomic E-state index is -3.33. The average molecular weight is 627 g/mol. The maximum absolute atomic E-state index is 16.5. The summed E-state index contributed by atoms with van der Waals surface area (Å²) in [6.07, 6.45) is 0. The molecular formula is C45H39OP. The van der Waals surface area contributed by atoms with Crippen LogP contribution in [0.2, 0.25) is 0 Å². The number of benzene rings is 6. The molecule has 6 aromatic rings. The highest BCUT2D eigenvalue weighted by Crippen LogP contribution is 2.55. The van der Waals surface area contributed by atoms with Gasteiger partial charge in [-0.1, -0.05) is 151 Å². The largest absolute Gasteiger partial charge is 0.309 e. The van der Waals surface area contributed by atoms with Crippen LogP contribution in [0.15, 0.2) is 127 Å². The van der Waals surface area contributed by atoms with E-state index in [1.807, 2.05) is 0 Å². The maximum atomic E-state index is 16.5. The summed E-state index contributed by atoms with van der Waals surface area (Å²) in [5, 5.41) is 2.70. The molecule has 3 aliphatic rings. The van der Waals surface area contributed by atoms with E-state index in [0.29, 0.717) is 0 Å². The van der Waals surface area contributed by atoms with Crippen molar-refractivity contribution in [3.05, 3.63) is 161 Å². The van der Waals surface area contributed by atoms with Crippen molar-refractivity contribution in [3.8, 4) is 33.4 Å². The van der Waals surface area contributed by atoms with Gasteiger partial charge in [0.15, 0.2) is 7.14 Å². The van der Waals surface area contributed by atoms with Crippen molar-refractivity contribution in [3.63, 3.8) is 0 Å². The van der Waals surface area contributed by atoms with Crippen LogP contribution >= 0.6 is 7.14 Å². The van der Waals surface area contributed by atoms with Gasteiger partial charge < -0.3 is 4.57 Å². The predicted molar refractivity (Wildman–Crippen MR) is 199 cm³/mol. The Morgan fingerprint density at radius 1 is 0.340 bits per heavy atom. The molecule has 0 spiro atoms. The third kappa shape index (κ3) is 3.64. The molecule has 0 fully saturated rings. The highest BCUT2D eigenvalue weighted by atomic mass is 31.2. The summed E-state index contributed by atoms with van der Waals surface area (Å²) in [7, 11) is -3.33. The van der Waals surface area contributed by atoms with Gasteiger partial charge in [0.2, 0.25) is 0 Å². The highest BCUT2D eigenvalue weighted by molar-refractivity contribution is 7.85. The van der Waals surface area contributed by atoms with Gasteiger partial charge >= 0.3 is 0 Å². The number of rotatable bonds is 3. The summed E-state index contributed by atoms with van der Waals surface area (Å²) >= 11 is 0. The molecule has 0 unspecified atom stereocenters. The van der Waals surface area contributed by atoms with Crippen molar-refractivity contribution >= 4 is 23.1 Å². The lowest BCUT2D eigenvalue weighted by Gasteiger charge is -2.28. The molecule has 0 N–H and O–H groups in total. The van der Waals surface area contributed by atoms with E-state index >= 15 is 4.57 Å². The first-order valence-corrected chi connectivity index (χ1v) is 18.5. The van der Waals surface area contributed by atoms with Crippen LogP contribution in [0.5, 0.6) is 0 Å². The van der Waals surface area contributed by atoms with E-state index in [-0.39, 0.29) is 16.2 Å². The van der Waals surface area contributed by atoms with E-state index in [9.17, 15) is 0 Å². The fourth-order valence-corrected chi connectivity index (χ4v) is 11.8. The lowest BCUT2D eigenvalue weighted by molar-refractivity contribution is 0.592. The van der Waals surface area contributed by atoms with Crippen molar-refractivity contribution in [2.45, 2.75) is 57.8 Å². The van der Waals surface area contributed by atoms with Gasteiger partial charge in [-0.3, -0.25) is 0 Å². The van der Waals surface area contributed by atoms with Crippen molar-refractivity contribution < 1.29 is 4.57 Å². The summed E-state index contributed by atoms with van der Waals surface area (Å²) in [6.45, 7) is 13.8. The Hall–Kier alpha value is -4.45. The molecule has 0 amide bonds. The minimum Gasteiger partial charge on any atom is -0.309 e. The molecule has 230 valence electrons. The van der Waals surface area contributed by atoms with Crippen LogP contribution in [-0.2, 0) is 20.8 Å². The topological polar surface area (TPSA) is 17.1 Å². The fraction of sp³-hybridized carbons (Fsp3) is 0.200. The molecule has 9 rings (SSSR count). The summed E-state index contributed by atoms with van der Waals surface area (Å²) in [6, 6.07) is 46.1. The zero-order valence-electron chi connectivity index (χ0n) is 28.0. The molecule has 0 saturated carbocycles. The zero-order chi connectivity index (χ0) is 32.5. The van der Waals surface area contributed by atoms with E-state index in [4.69, 9.17) is 0 Å². The quantitative estimate of drug-likeness (QED) is 0.179. The molecular weight excluding hydrogens is 587 g/mol. The minimum absolute atomic E-state index is 0.185. The van der Waals surface area contributed by atoms with E-state index in [1.165, 1.54) is 66.8 Å². The average Bonchev–Trinajstić information content (AvgIpc) is 3.57. The van der Waals surface area contributed by atoms with Gasteiger partial charge in [-0.2, -0.15) is 0 Å². The third-order valence-corrected chi connectivity index (χ3v) is 14.8. The van der Waals surface area contributed by atoms with Crippen molar-refractivity contribution in [1.82, 2.24) is 0 Å². The fourth-order valence-electron chi connectivity index (χ4n) is 9.11. The molecule has 3 aliphatic carbocycles. The number of hydrogen-bond acceptors (Lipinski definition) is 1. The monoisotopic (exact) mass is 626 g/mol. The van der Waals surface area contributed by atoms with Gasteiger partial charge in [-0.05, 0) is 85.0 Å². The number of hydrogen-bond donors (Lipinski definition) is 0. The van der Waals surface area contributed by atoms with Crippen molar-refractivity contribution in [2.75, 3.05) is 0 Å². The predicted octanol–water partition coefficient (Wildman–Crippen LogP) is 10.2. The second-order valence-electron chi connectivity index (χ2n) is 15.3. The third-order valence-electron chi connectivity index (χ3n) is 11.8. The van der Waals surface area contributed by atoms with E-state index in [1.54, 1.807) is 0 Å². The van der Waals surface area contributed by atoms with Gasteiger partial charge in [-0.15, -0.1) is 0 Å². The highest BCUT2D eigenvalue weighted by Gasteiger charge is 2.42. The second-order valence-corrected chi connectivity index (χ2v) is 18.1. The van der Waals surface area contributed by atoms with Crippen LogP contribution in [0.4, 0.5) is 0 Å². The molecule has 47 heavy (non-hydrogen) atoms. The van der Waals surface area contributed by atoms with Crippen LogP contribution < -0.4 is 15.9 Å². The zero-order valence-corrected chi connectivity index (χ0v) is 28.9. The molecule has 0 bridgehead atoms. The smallest absolute Gasteiger partial charge is 0.171 e. The first kappa shape index (κ1) is 28.7. The molecule has 0 atom stereocenters. The lowest BCUT2D eigenvalue weighted by atomic mass is 9.82. The Balaban J connectivity index is 1.30. The Labute approximate surface area is 278 Å². The summed E-state index contributed by atoms with van der Waals surface area (Å²) < 4.78 is 16.5. The molecule has 0 aromatic heterocycles. The Kier molecular flexibility index (Phi) is 5.71. The van der Waals surface area contributed by atoms with Crippen LogP contribution in [0, 0.1) is 0 Å². The first-order chi connectivity index (χ1) is 22.4. The van der Waals surface area contributed by atoms with Crippen molar-refractivity contribution in [1.29, 1.82) is 0 Å². The Morgan fingerprint density at radius 2 is 0.596 bits per heavy atom. The number of fused-ring (bicyclic) bond motifs is 9. The van der Waals surface area contributed by atoms with Crippen LogP contribution in [0.3, 0.4) is 0 Å². The molecule has 0 aliphatic heterocycles. The summed E-state index contributed by atoms with van der Waals surface area (Å²) in [4.78, 5) is 0. The maximum Gasteiger partial charge on any atom is 0.171 e. The van der Waals surface area contributed by atoms with Crippen molar-refractivity contribution in [2.24, 2.45) is 0 Å². The van der Waals surface area contributed by atoms with Gasteiger partial charge in [0, 0.05) is 32.2 Å². The van der Waals surface area contributed by atoms with Gasteiger partial charge in [0.1, 0.15) is 0 Å². The Bertz CT molecular complexity index is 2110. The first-order valence-electron chi connectivity index (χ1n) is 16.8. The summed E-state index contributed by atoms with van der Waals surface area (Å²) in [5.41, 5.74) is 14.8. The Morgan fingerprint density at radius 3 is 0.894 bits per heavy atom. The van der Waals surface area contributed by atoms with Crippen LogP contribution in [0.1, 0.15) is 74.9 Å². The standard InChI is InChI=1S/C45H39OP/c1-43(2)37-16-10-7-13-31(37)34-22-19-28(25-40(34)43)47(46,29-20-23-35-32-14-8-11-17-38(32)44(3,4)41(35)26-29)30-21-24-36-33-15-9-12-18-39(33)45(5,6)42(36)27-30/h7-27H,1-6H3. The second kappa shape index (κ2) is 9.33. The SMILES string of the molecule is CC1(C)c2ccccc2-c2ccc(P(=O)(c3ccc4c(c3)C(C)(C)c3ccccc3-4)c3ccc4c(c3)C(C)(C)c3ccccc3-4)cc21. The van der Waals surface area contributed by atoms with Gasteiger partial charge in [0.05, 0.1) is 0 Å². The molecule has 1 nitrogen and oxygen atoms in total. The molecule has 0 radical (unpaired) electrons. The molecule has 0 saturated heterocycles. The molecule has 2 heteroatoms. The van der Waals surface area contributed by atoms with E-state index < -0.39 is 7.14 Å². The van der Waals surface area contributed by atoms with Gasteiger partial charge in [0.25, 0.3) is 0 Å². The lowest BCUT2D eigenvalue weighted by Crippen LogP contribution is -2.29. The van der Waals surface area contributed by atoms with E-state index in [0.717, 1.165) is 15.9 Å².